The standard InChI is InChI=1S/C14H21ClN2O2/c1-3-4-11(5-6-15)8-17-14(19)12-9-16-10(2)7-13(12)18/h7,9,11H,3-6,8H2,1-2H3,(H,16,18)(H,17,19). The highest BCUT2D eigenvalue weighted by Gasteiger charge is 2.13. The van der Waals surface area contributed by atoms with E-state index in [2.05, 4.69) is 17.2 Å². The molecule has 4 nitrogen and oxygen atoms in total. The largest absolute Gasteiger partial charge is 0.364 e. The van der Waals surface area contributed by atoms with Crippen LogP contribution in [0.5, 0.6) is 0 Å². The van der Waals surface area contributed by atoms with Crippen LogP contribution in [0.1, 0.15) is 42.2 Å². The van der Waals surface area contributed by atoms with E-state index in [1.807, 2.05) is 0 Å². The molecule has 0 aromatic carbocycles. The van der Waals surface area contributed by atoms with Crippen LogP contribution in [0.25, 0.3) is 0 Å². The van der Waals surface area contributed by atoms with E-state index in [1.165, 1.54) is 12.3 Å². The Morgan fingerprint density at radius 1 is 1.47 bits per heavy atom. The van der Waals surface area contributed by atoms with E-state index in [9.17, 15) is 9.59 Å². The van der Waals surface area contributed by atoms with Gasteiger partial charge in [0.1, 0.15) is 5.56 Å². The topological polar surface area (TPSA) is 62.0 Å². The second-order valence-electron chi connectivity index (χ2n) is 4.74. The zero-order chi connectivity index (χ0) is 14.3. The summed E-state index contributed by atoms with van der Waals surface area (Å²) in [6, 6.07) is 1.43. The third-order valence-corrected chi connectivity index (χ3v) is 3.29. The molecule has 1 heterocycles. The van der Waals surface area contributed by atoms with E-state index >= 15 is 0 Å². The molecule has 5 heteroatoms. The summed E-state index contributed by atoms with van der Waals surface area (Å²) in [5.41, 5.74) is 0.650. The lowest BCUT2D eigenvalue weighted by Crippen LogP contribution is -2.32. The normalized spacial score (nSPS) is 12.2. The van der Waals surface area contributed by atoms with Crippen LogP contribution in [0.4, 0.5) is 0 Å². The summed E-state index contributed by atoms with van der Waals surface area (Å²) >= 11 is 5.74. The van der Waals surface area contributed by atoms with Gasteiger partial charge < -0.3 is 10.3 Å². The molecule has 1 unspecified atom stereocenters. The first-order valence-corrected chi connectivity index (χ1v) is 7.15. The van der Waals surface area contributed by atoms with Crippen molar-refractivity contribution in [2.75, 3.05) is 12.4 Å². The summed E-state index contributed by atoms with van der Waals surface area (Å²) in [5.74, 6) is 0.638. The number of nitrogens with one attached hydrogen (secondary N) is 2. The van der Waals surface area contributed by atoms with Gasteiger partial charge in [-0.05, 0) is 25.7 Å². The number of carbonyl (C=O) groups excluding carboxylic acids is 1. The zero-order valence-corrected chi connectivity index (χ0v) is 12.2. The van der Waals surface area contributed by atoms with Crippen molar-refractivity contribution in [2.24, 2.45) is 5.92 Å². The van der Waals surface area contributed by atoms with E-state index in [0.717, 1.165) is 25.0 Å². The summed E-state index contributed by atoms with van der Waals surface area (Å²) in [6.07, 6.45) is 4.42. The quantitative estimate of drug-likeness (QED) is 0.756. The maximum Gasteiger partial charge on any atom is 0.256 e. The van der Waals surface area contributed by atoms with Gasteiger partial charge in [-0.2, -0.15) is 0 Å². The number of aryl methyl sites for hydroxylation is 1. The molecule has 1 aromatic heterocycles. The third kappa shape index (κ3) is 5.07. The summed E-state index contributed by atoms with van der Waals surface area (Å²) in [5, 5.41) is 2.81. The van der Waals surface area contributed by atoms with Crippen LogP contribution in [-0.4, -0.2) is 23.3 Å². The molecule has 1 rings (SSSR count). The molecule has 1 amide bonds. The lowest BCUT2D eigenvalue weighted by molar-refractivity contribution is 0.0944. The van der Waals surface area contributed by atoms with Gasteiger partial charge >= 0.3 is 0 Å². The number of alkyl halides is 1. The summed E-state index contributed by atoms with van der Waals surface area (Å²) in [6.45, 7) is 4.45. The molecule has 0 radical (unpaired) electrons. The molecule has 106 valence electrons. The number of H-pyrrole nitrogens is 1. The van der Waals surface area contributed by atoms with E-state index in [0.29, 0.717) is 18.3 Å². The Bertz CT molecular complexity index is 465. The smallest absolute Gasteiger partial charge is 0.256 e. The number of amides is 1. The molecule has 1 atom stereocenters. The van der Waals surface area contributed by atoms with Crippen molar-refractivity contribution in [1.29, 1.82) is 0 Å². The Balaban J connectivity index is 2.61. The minimum absolute atomic E-state index is 0.159. The minimum atomic E-state index is -0.322. The molecule has 0 fully saturated rings. The highest BCUT2D eigenvalue weighted by atomic mass is 35.5. The summed E-state index contributed by atoms with van der Waals surface area (Å²) in [4.78, 5) is 26.5. The molecule has 0 aliphatic rings. The number of pyridine rings is 1. The first-order valence-electron chi connectivity index (χ1n) is 6.62. The Morgan fingerprint density at radius 2 is 2.21 bits per heavy atom. The third-order valence-electron chi connectivity index (χ3n) is 3.07. The molecular formula is C14H21ClN2O2. The predicted molar refractivity (Wildman–Crippen MR) is 77.9 cm³/mol. The van der Waals surface area contributed by atoms with Gasteiger partial charge in [0.15, 0.2) is 5.43 Å². The molecule has 0 spiro atoms. The average Bonchev–Trinajstić information content (AvgIpc) is 2.36. The van der Waals surface area contributed by atoms with Gasteiger partial charge in [-0.3, -0.25) is 9.59 Å². The number of halogens is 1. The van der Waals surface area contributed by atoms with Crippen LogP contribution in [-0.2, 0) is 0 Å². The number of hydrogen-bond acceptors (Lipinski definition) is 2. The highest BCUT2D eigenvalue weighted by molar-refractivity contribution is 6.17. The van der Waals surface area contributed by atoms with Gasteiger partial charge in [0.05, 0.1) is 0 Å². The summed E-state index contributed by atoms with van der Waals surface area (Å²) in [7, 11) is 0. The van der Waals surface area contributed by atoms with E-state index in [1.54, 1.807) is 6.92 Å². The van der Waals surface area contributed by atoms with Crippen molar-refractivity contribution in [3.63, 3.8) is 0 Å². The molecule has 0 saturated heterocycles. The Hall–Kier alpha value is -1.29. The van der Waals surface area contributed by atoms with Crippen LogP contribution in [0.3, 0.4) is 0 Å². The molecule has 1 aromatic rings. The van der Waals surface area contributed by atoms with E-state index in [4.69, 9.17) is 11.6 Å². The molecular weight excluding hydrogens is 264 g/mol. The second kappa shape index (κ2) is 8.00. The van der Waals surface area contributed by atoms with Crippen LogP contribution in [0.15, 0.2) is 17.1 Å². The Morgan fingerprint density at radius 3 is 2.79 bits per heavy atom. The number of aromatic amines is 1. The molecule has 19 heavy (non-hydrogen) atoms. The zero-order valence-electron chi connectivity index (χ0n) is 11.5. The monoisotopic (exact) mass is 284 g/mol. The molecule has 0 aliphatic heterocycles. The molecule has 0 saturated carbocycles. The SMILES string of the molecule is CCCC(CCCl)CNC(=O)c1c[nH]c(C)cc1=O. The first-order chi connectivity index (χ1) is 9.08. The predicted octanol–water partition coefficient (Wildman–Crippen LogP) is 2.46. The van der Waals surface area contributed by atoms with Crippen LogP contribution >= 0.6 is 11.6 Å². The summed E-state index contributed by atoms with van der Waals surface area (Å²) < 4.78 is 0. The minimum Gasteiger partial charge on any atom is -0.364 e. The fourth-order valence-corrected chi connectivity index (χ4v) is 2.30. The van der Waals surface area contributed by atoms with Gasteiger partial charge in [0.25, 0.3) is 5.91 Å². The van der Waals surface area contributed by atoms with E-state index in [-0.39, 0.29) is 16.9 Å². The van der Waals surface area contributed by atoms with Crippen molar-refractivity contribution in [3.05, 3.63) is 33.7 Å². The number of rotatable bonds is 7. The van der Waals surface area contributed by atoms with Crippen molar-refractivity contribution >= 4 is 17.5 Å². The molecule has 0 bridgehead atoms. The van der Waals surface area contributed by atoms with Crippen LogP contribution in [0, 0.1) is 12.8 Å². The first kappa shape index (κ1) is 15.8. The lowest BCUT2D eigenvalue weighted by Gasteiger charge is -2.15. The van der Waals surface area contributed by atoms with Crippen LogP contribution in [0.2, 0.25) is 0 Å². The Kier molecular flexibility index (Phi) is 6.64. The van der Waals surface area contributed by atoms with Gasteiger partial charge in [-0.25, -0.2) is 0 Å². The second-order valence-corrected chi connectivity index (χ2v) is 5.11. The van der Waals surface area contributed by atoms with Crippen molar-refractivity contribution in [1.82, 2.24) is 10.3 Å². The average molecular weight is 285 g/mol. The molecule has 0 aliphatic carbocycles. The molecule has 2 N–H and O–H groups in total. The maximum absolute atomic E-state index is 11.9. The van der Waals surface area contributed by atoms with Gasteiger partial charge in [-0.15, -0.1) is 11.6 Å². The van der Waals surface area contributed by atoms with Gasteiger partial charge in [0, 0.05) is 30.4 Å². The van der Waals surface area contributed by atoms with Gasteiger partial charge in [-0.1, -0.05) is 13.3 Å². The lowest BCUT2D eigenvalue weighted by atomic mass is 10.0. The van der Waals surface area contributed by atoms with Gasteiger partial charge in [0.2, 0.25) is 0 Å². The number of carbonyl (C=O) groups is 1. The fourth-order valence-electron chi connectivity index (χ4n) is 1.99. The van der Waals surface area contributed by atoms with Crippen molar-refractivity contribution in [2.45, 2.75) is 33.1 Å². The number of aromatic nitrogens is 1. The van der Waals surface area contributed by atoms with Crippen molar-refractivity contribution in [3.8, 4) is 0 Å². The number of hydrogen-bond donors (Lipinski definition) is 2. The van der Waals surface area contributed by atoms with Crippen LogP contribution < -0.4 is 10.7 Å². The fraction of sp³-hybridized carbons (Fsp3) is 0.571. The van der Waals surface area contributed by atoms with E-state index < -0.39 is 0 Å². The Labute approximate surface area is 118 Å². The highest BCUT2D eigenvalue weighted by Crippen LogP contribution is 2.11. The van der Waals surface area contributed by atoms with Crippen molar-refractivity contribution < 1.29 is 4.79 Å². The maximum atomic E-state index is 11.9.